The molecule has 1 aromatic carbocycles. The van der Waals surface area contributed by atoms with E-state index in [0.717, 1.165) is 5.30 Å². The summed E-state index contributed by atoms with van der Waals surface area (Å²) in [6.45, 7) is 3.83. The zero-order valence-electron chi connectivity index (χ0n) is 9.72. The molecule has 3 atom stereocenters. The summed E-state index contributed by atoms with van der Waals surface area (Å²) in [5.74, 6) is 0.206. The average molecular weight is 236 g/mol. The lowest BCUT2D eigenvalue weighted by Gasteiger charge is -2.32. The highest BCUT2D eigenvalue weighted by Crippen LogP contribution is 2.55. The molecule has 0 amide bonds. The number of ketones is 1. The van der Waals surface area contributed by atoms with Crippen molar-refractivity contribution >= 4 is 18.2 Å². The molecule has 3 heteroatoms. The van der Waals surface area contributed by atoms with E-state index in [2.05, 4.69) is 0 Å². The van der Waals surface area contributed by atoms with Gasteiger partial charge in [-0.25, -0.2) is 0 Å². The highest BCUT2D eigenvalue weighted by atomic mass is 31.2. The standard InChI is InChI=1S/C13H17O2P/c1-10-9-16(15,11(2)8-13(10)14)12-6-4-3-5-7-12/h3-7,10-11H,8-9H2,1-2H3/t10-,11+,16-/m0/s1. The molecular weight excluding hydrogens is 219 g/mol. The van der Waals surface area contributed by atoms with Crippen LogP contribution in [-0.4, -0.2) is 17.6 Å². The number of Topliss-reactive ketones (excluding diaryl/α,β-unsaturated/α-hetero) is 1. The Morgan fingerprint density at radius 1 is 1.19 bits per heavy atom. The second-order valence-corrected chi connectivity index (χ2v) is 8.09. The monoisotopic (exact) mass is 236 g/mol. The maximum Gasteiger partial charge on any atom is 0.136 e. The molecule has 0 aliphatic carbocycles. The Morgan fingerprint density at radius 3 is 2.44 bits per heavy atom. The summed E-state index contributed by atoms with van der Waals surface area (Å²) in [6.07, 6.45) is 1.00. The molecule has 1 saturated heterocycles. The molecule has 86 valence electrons. The lowest BCUT2D eigenvalue weighted by atomic mass is 10.0. The average Bonchev–Trinajstić information content (AvgIpc) is 2.28. The SMILES string of the molecule is C[C@@H]1CC(=O)[C@@H](C)C[P@@]1(=O)c1ccccc1. The number of carbonyl (C=O) groups excluding carboxylic acids is 1. The third-order valence-corrected chi connectivity index (χ3v) is 7.37. The van der Waals surface area contributed by atoms with Gasteiger partial charge in [-0.15, -0.1) is 0 Å². The van der Waals surface area contributed by atoms with E-state index < -0.39 is 7.14 Å². The van der Waals surface area contributed by atoms with Gasteiger partial charge in [-0.1, -0.05) is 44.2 Å². The first-order valence-corrected chi connectivity index (χ1v) is 7.67. The van der Waals surface area contributed by atoms with E-state index in [4.69, 9.17) is 0 Å². The second-order valence-electron chi connectivity index (χ2n) is 4.73. The zero-order chi connectivity index (χ0) is 11.8. The number of carbonyl (C=O) groups is 1. The van der Waals surface area contributed by atoms with Crippen LogP contribution in [0.5, 0.6) is 0 Å². The van der Waals surface area contributed by atoms with E-state index in [0.29, 0.717) is 12.6 Å². The van der Waals surface area contributed by atoms with Gasteiger partial charge in [-0.2, -0.15) is 0 Å². The van der Waals surface area contributed by atoms with Crippen LogP contribution in [0, 0.1) is 5.92 Å². The molecule has 16 heavy (non-hydrogen) atoms. The van der Waals surface area contributed by atoms with E-state index in [1.165, 1.54) is 0 Å². The fourth-order valence-corrected chi connectivity index (χ4v) is 5.62. The highest BCUT2D eigenvalue weighted by molar-refractivity contribution is 7.72. The first-order chi connectivity index (χ1) is 7.54. The van der Waals surface area contributed by atoms with Crippen molar-refractivity contribution in [3.8, 4) is 0 Å². The first kappa shape index (κ1) is 11.6. The van der Waals surface area contributed by atoms with Crippen LogP contribution in [0.1, 0.15) is 20.3 Å². The molecule has 1 aliphatic rings. The lowest BCUT2D eigenvalue weighted by Crippen LogP contribution is -2.32. The summed E-state index contributed by atoms with van der Waals surface area (Å²) in [5.41, 5.74) is -0.00130. The second kappa shape index (κ2) is 4.18. The van der Waals surface area contributed by atoms with E-state index >= 15 is 0 Å². The summed E-state index contributed by atoms with van der Waals surface area (Å²) >= 11 is 0. The number of hydrogen-bond donors (Lipinski definition) is 0. The predicted molar refractivity (Wildman–Crippen MR) is 66.8 cm³/mol. The van der Waals surface area contributed by atoms with Crippen molar-refractivity contribution in [1.82, 2.24) is 0 Å². The third kappa shape index (κ3) is 1.87. The minimum Gasteiger partial charge on any atom is -0.318 e. The van der Waals surface area contributed by atoms with Crippen LogP contribution in [0.2, 0.25) is 0 Å². The van der Waals surface area contributed by atoms with Crippen molar-refractivity contribution in [3.63, 3.8) is 0 Å². The molecule has 1 aliphatic heterocycles. The quantitative estimate of drug-likeness (QED) is 0.702. The minimum atomic E-state index is -2.37. The molecular formula is C13H17O2P. The Kier molecular flexibility index (Phi) is 3.03. The molecule has 0 saturated carbocycles. The van der Waals surface area contributed by atoms with Gasteiger partial charge in [0.25, 0.3) is 0 Å². The van der Waals surface area contributed by atoms with E-state index in [-0.39, 0.29) is 17.4 Å². The van der Waals surface area contributed by atoms with Crippen LogP contribution in [0.4, 0.5) is 0 Å². The third-order valence-electron chi connectivity index (χ3n) is 3.50. The zero-order valence-corrected chi connectivity index (χ0v) is 10.6. The number of rotatable bonds is 1. The van der Waals surface area contributed by atoms with Crippen LogP contribution < -0.4 is 5.30 Å². The van der Waals surface area contributed by atoms with Crippen molar-refractivity contribution < 1.29 is 9.36 Å². The van der Waals surface area contributed by atoms with E-state index in [1.54, 1.807) is 0 Å². The van der Waals surface area contributed by atoms with Crippen molar-refractivity contribution in [2.75, 3.05) is 6.16 Å². The maximum atomic E-state index is 13.0. The molecule has 0 bridgehead atoms. The summed E-state index contributed by atoms with van der Waals surface area (Å²) in [4.78, 5) is 11.6. The van der Waals surface area contributed by atoms with Crippen LogP contribution in [-0.2, 0) is 9.36 Å². The molecule has 0 unspecified atom stereocenters. The smallest absolute Gasteiger partial charge is 0.136 e. The van der Waals surface area contributed by atoms with Gasteiger partial charge in [-0.3, -0.25) is 4.79 Å². The van der Waals surface area contributed by atoms with Gasteiger partial charge >= 0.3 is 0 Å². The normalized spacial score (nSPS) is 35.0. The van der Waals surface area contributed by atoms with Gasteiger partial charge < -0.3 is 4.57 Å². The summed E-state index contributed by atoms with van der Waals surface area (Å²) in [7, 11) is -2.37. The molecule has 1 heterocycles. The molecule has 0 radical (unpaired) electrons. The number of benzene rings is 1. The fourth-order valence-electron chi connectivity index (χ4n) is 2.37. The van der Waals surface area contributed by atoms with Crippen molar-refractivity contribution in [3.05, 3.63) is 30.3 Å². The van der Waals surface area contributed by atoms with Gasteiger partial charge in [0.1, 0.15) is 12.9 Å². The molecule has 2 nitrogen and oxygen atoms in total. The molecule has 1 aromatic rings. The molecule has 0 aromatic heterocycles. The lowest BCUT2D eigenvalue weighted by molar-refractivity contribution is -0.122. The Balaban J connectivity index is 2.38. The first-order valence-electron chi connectivity index (χ1n) is 5.71. The Hall–Kier alpha value is -0.880. The Labute approximate surface area is 96.4 Å². The topological polar surface area (TPSA) is 34.1 Å². The fraction of sp³-hybridized carbons (Fsp3) is 0.462. The van der Waals surface area contributed by atoms with Gasteiger partial charge in [-0.05, 0) is 0 Å². The molecule has 0 spiro atoms. The predicted octanol–water partition coefficient (Wildman–Crippen LogP) is 2.67. The van der Waals surface area contributed by atoms with Crippen LogP contribution in [0.15, 0.2) is 30.3 Å². The van der Waals surface area contributed by atoms with Gasteiger partial charge in [0.2, 0.25) is 0 Å². The van der Waals surface area contributed by atoms with Crippen LogP contribution >= 0.6 is 7.14 Å². The summed E-state index contributed by atoms with van der Waals surface area (Å²) < 4.78 is 13.0. The molecule has 2 rings (SSSR count). The van der Waals surface area contributed by atoms with Crippen molar-refractivity contribution in [2.45, 2.75) is 25.9 Å². The van der Waals surface area contributed by atoms with E-state index in [9.17, 15) is 9.36 Å². The van der Waals surface area contributed by atoms with Crippen molar-refractivity contribution in [2.24, 2.45) is 5.92 Å². The maximum absolute atomic E-state index is 13.0. The van der Waals surface area contributed by atoms with Gasteiger partial charge in [0.15, 0.2) is 0 Å². The largest absolute Gasteiger partial charge is 0.318 e. The Bertz CT molecular complexity index is 439. The summed E-state index contributed by atoms with van der Waals surface area (Å²) in [5, 5.41) is 0.932. The Morgan fingerprint density at radius 2 is 1.81 bits per heavy atom. The van der Waals surface area contributed by atoms with E-state index in [1.807, 2.05) is 44.2 Å². The minimum absolute atomic E-state index is 0.00130. The van der Waals surface area contributed by atoms with Crippen LogP contribution in [0.3, 0.4) is 0 Å². The van der Waals surface area contributed by atoms with Gasteiger partial charge in [0, 0.05) is 29.5 Å². The van der Waals surface area contributed by atoms with Gasteiger partial charge in [0.05, 0.1) is 0 Å². The molecule has 1 fully saturated rings. The van der Waals surface area contributed by atoms with Crippen LogP contribution in [0.25, 0.3) is 0 Å². The van der Waals surface area contributed by atoms with Crippen molar-refractivity contribution in [1.29, 1.82) is 0 Å². The highest BCUT2D eigenvalue weighted by Gasteiger charge is 2.40. The summed E-state index contributed by atoms with van der Waals surface area (Å²) in [6, 6.07) is 9.63. The number of hydrogen-bond acceptors (Lipinski definition) is 2. The molecule has 0 N–H and O–H groups in total.